The Balaban J connectivity index is 1.37. The first-order valence-electron chi connectivity index (χ1n) is 7.93. The number of aromatic nitrogens is 3. The van der Waals surface area contributed by atoms with E-state index in [1.807, 2.05) is 22.9 Å². The van der Waals surface area contributed by atoms with Gasteiger partial charge >= 0.3 is 0 Å². The van der Waals surface area contributed by atoms with Crippen LogP contribution in [-0.2, 0) is 17.8 Å². The van der Waals surface area contributed by atoms with E-state index in [9.17, 15) is 4.79 Å². The van der Waals surface area contributed by atoms with Crippen molar-refractivity contribution in [3.05, 3.63) is 65.7 Å². The molecule has 0 fully saturated rings. The largest absolute Gasteiger partial charge is 0.350 e. The van der Waals surface area contributed by atoms with Crippen molar-refractivity contribution in [2.24, 2.45) is 0 Å². The third-order valence-electron chi connectivity index (χ3n) is 4.44. The molecule has 0 spiro atoms. The minimum absolute atomic E-state index is 0.0803. The van der Waals surface area contributed by atoms with Crippen LogP contribution in [0.15, 0.2) is 48.9 Å². The van der Waals surface area contributed by atoms with Gasteiger partial charge in [-0.3, -0.25) is 9.20 Å². The summed E-state index contributed by atoms with van der Waals surface area (Å²) in [5, 5.41) is 2.98. The number of nitrogens with zero attached hydrogens (tertiary/aromatic N) is 3. The molecule has 116 valence electrons. The van der Waals surface area contributed by atoms with E-state index in [4.69, 9.17) is 0 Å². The molecule has 1 N–H and O–H groups in total. The zero-order valence-electron chi connectivity index (χ0n) is 12.8. The molecule has 1 aromatic carbocycles. The molecule has 4 rings (SSSR count). The van der Waals surface area contributed by atoms with Crippen LogP contribution in [0.25, 0.3) is 5.78 Å². The zero-order valence-corrected chi connectivity index (χ0v) is 12.8. The molecule has 23 heavy (non-hydrogen) atoms. The van der Waals surface area contributed by atoms with Crippen molar-refractivity contribution in [1.29, 1.82) is 0 Å². The highest BCUT2D eigenvalue weighted by Crippen LogP contribution is 2.35. The molecule has 3 aromatic rings. The van der Waals surface area contributed by atoms with E-state index in [2.05, 4.69) is 39.6 Å². The molecule has 0 bridgehead atoms. The van der Waals surface area contributed by atoms with Crippen molar-refractivity contribution >= 4 is 11.7 Å². The molecule has 2 aromatic heterocycles. The van der Waals surface area contributed by atoms with Crippen LogP contribution in [-0.4, -0.2) is 20.3 Å². The van der Waals surface area contributed by atoms with Gasteiger partial charge in [0.05, 0.1) is 12.2 Å². The highest BCUT2D eigenvalue weighted by Gasteiger charge is 2.24. The number of aryl methyl sites for hydroxylation is 1. The average molecular weight is 306 g/mol. The molecule has 1 amide bonds. The highest BCUT2D eigenvalue weighted by atomic mass is 16.1. The number of nitrogens with one attached hydrogen (secondary N) is 1. The van der Waals surface area contributed by atoms with Gasteiger partial charge < -0.3 is 5.32 Å². The Kier molecular flexibility index (Phi) is 3.54. The van der Waals surface area contributed by atoms with Crippen molar-refractivity contribution in [3.63, 3.8) is 0 Å². The van der Waals surface area contributed by atoms with E-state index in [1.165, 1.54) is 11.1 Å². The number of amides is 1. The molecule has 0 unspecified atom stereocenters. The van der Waals surface area contributed by atoms with Crippen LogP contribution >= 0.6 is 0 Å². The highest BCUT2D eigenvalue weighted by molar-refractivity contribution is 5.77. The van der Waals surface area contributed by atoms with Crippen LogP contribution in [0.3, 0.4) is 0 Å². The fourth-order valence-electron chi connectivity index (χ4n) is 3.31. The first kappa shape index (κ1) is 13.9. The maximum absolute atomic E-state index is 12.2. The number of hydrogen-bond donors (Lipinski definition) is 1. The van der Waals surface area contributed by atoms with Gasteiger partial charge in [-0.05, 0) is 36.0 Å². The Hall–Kier alpha value is -2.69. The molecule has 1 aliphatic rings. The number of carbonyl (C=O) groups is 1. The summed E-state index contributed by atoms with van der Waals surface area (Å²) in [4.78, 5) is 20.8. The van der Waals surface area contributed by atoms with Crippen LogP contribution in [0.2, 0.25) is 0 Å². The number of hydrogen-bond acceptors (Lipinski definition) is 3. The first-order chi connectivity index (χ1) is 11.3. The fourth-order valence-corrected chi connectivity index (χ4v) is 3.31. The SMILES string of the molecule is O=C(C[C@@H]1CCc2ccccc21)NCc1cn2cccnc2n1. The van der Waals surface area contributed by atoms with Gasteiger partial charge in [-0.1, -0.05) is 24.3 Å². The van der Waals surface area contributed by atoms with Gasteiger partial charge in [-0.25, -0.2) is 9.97 Å². The summed E-state index contributed by atoms with van der Waals surface area (Å²) >= 11 is 0. The summed E-state index contributed by atoms with van der Waals surface area (Å²) in [5.41, 5.74) is 3.54. The number of imidazole rings is 1. The molecule has 0 saturated heterocycles. The lowest BCUT2D eigenvalue weighted by Gasteiger charge is -2.11. The minimum Gasteiger partial charge on any atom is -0.350 e. The first-order valence-corrected chi connectivity index (χ1v) is 7.93. The van der Waals surface area contributed by atoms with Gasteiger partial charge in [0.2, 0.25) is 11.7 Å². The maximum atomic E-state index is 12.2. The van der Waals surface area contributed by atoms with Crippen LogP contribution in [0, 0.1) is 0 Å². The minimum atomic E-state index is 0.0803. The Labute approximate surface area is 134 Å². The van der Waals surface area contributed by atoms with Gasteiger partial charge in [0.1, 0.15) is 0 Å². The molecule has 2 heterocycles. The van der Waals surface area contributed by atoms with Gasteiger partial charge in [0, 0.05) is 25.0 Å². The normalized spacial score (nSPS) is 16.4. The van der Waals surface area contributed by atoms with Gasteiger partial charge in [0.15, 0.2) is 0 Å². The Bertz CT molecular complexity index is 822. The van der Waals surface area contributed by atoms with E-state index < -0.39 is 0 Å². The van der Waals surface area contributed by atoms with Crippen molar-refractivity contribution in [3.8, 4) is 0 Å². The van der Waals surface area contributed by atoms with Gasteiger partial charge in [0.25, 0.3) is 0 Å². The lowest BCUT2D eigenvalue weighted by atomic mass is 9.97. The standard InChI is InChI=1S/C18H18N4O/c23-17(10-14-7-6-13-4-1-2-5-16(13)14)20-11-15-12-22-9-3-8-19-18(22)21-15/h1-5,8-9,12,14H,6-7,10-11H2,(H,20,23)/t14-/m0/s1. The van der Waals surface area contributed by atoms with E-state index in [1.54, 1.807) is 6.20 Å². The Morgan fingerprint density at radius 2 is 2.22 bits per heavy atom. The molecule has 5 nitrogen and oxygen atoms in total. The third kappa shape index (κ3) is 2.82. The van der Waals surface area contributed by atoms with Crippen molar-refractivity contribution in [2.75, 3.05) is 0 Å². The zero-order chi connectivity index (χ0) is 15.6. The van der Waals surface area contributed by atoms with Gasteiger partial charge in [-0.2, -0.15) is 0 Å². The van der Waals surface area contributed by atoms with Crippen LogP contribution in [0.5, 0.6) is 0 Å². The Morgan fingerprint density at radius 3 is 3.13 bits per heavy atom. The molecule has 0 radical (unpaired) electrons. The maximum Gasteiger partial charge on any atom is 0.233 e. The molecular formula is C18H18N4O. The van der Waals surface area contributed by atoms with E-state index in [0.717, 1.165) is 18.5 Å². The fraction of sp³-hybridized carbons (Fsp3) is 0.278. The van der Waals surface area contributed by atoms with E-state index in [0.29, 0.717) is 24.7 Å². The monoisotopic (exact) mass is 306 g/mol. The second-order valence-corrected chi connectivity index (χ2v) is 5.97. The van der Waals surface area contributed by atoms with Gasteiger partial charge in [-0.15, -0.1) is 0 Å². The van der Waals surface area contributed by atoms with E-state index >= 15 is 0 Å². The molecule has 5 heteroatoms. The summed E-state index contributed by atoms with van der Waals surface area (Å²) in [6.07, 6.45) is 8.19. The summed E-state index contributed by atoms with van der Waals surface area (Å²) in [6, 6.07) is 10.3. The predicted molar refractivity (Wildman–Crippen MR) is 87.0 cm³/mol. The van der Waals surface area contributed by atoms with Crippen LogP contribution in [0.4, 0.5) is 0 Å². The van der Waals surface area contributed by atoms with Crippen molar-refractivity contribution in [1.82, 2.24) is 19.7 Å². The number of rotatable bonds is 4. The molecule has 1 aliphatic carbocycles. The lowest BCUT2D eigenvalue weighted by molar-refractivity contribution is -0.121. The second-order valence-electron chi connectivity index (χ2n) is 5.97. The second kappa shape index (κ2) is 5.83. The Morgan fingerprint density at radius 1 is 1.30 bits per heavy atom. The number of carbonyl (C=O) groups excluding carboxylic acids is 1. The number of benzene rings is 1. The van der Waals surface area contributed by atoms with Crippen molar-refractivity contribution < 1.29 is 4.79 Å². The van der Waals surface area contributed by atoms with Crippen LogP contribution in [0.1, 0.15) is 35.6 Å². The summed E-state index contributed by atoms with van der Waals surface area (Å²) in [6.45, 7) is 0.441. The van der Waals surface area contributed by atoms with E-state index in [-0.39, 0.29) is 5.91 Å². The lowest BCUT2D eigenvalue weighted by Crippen LogP contribution is -2.24. The summed E-state index contributed by atoms with van der Waals surface area (Å²) < 4.78 is 1.86. The molecule has 1 atom stereocenters. The molecule has 0 aliphatic heterocycles. The third-order valence-corrected chi connectivity index (χ3v) is 4.44. The quantitative estimate of drug-likeness (QED) is 0.805. The summed E-state index contributed by atoms with van der Waals surface area (Å²) in [5.74, 6) is 1.08. The number of fused-ring (bicyclic) bond motifs is 2. The molecule has 0 saturated carbocycles. The van der Waals surface area contributed by atoms with Crippen LogP contribution < -0.4 is 5.32 Å². The topological polar surface area (TPSA) is 59.3 Å². The van der Waals surface area contributed by atoms with Crippen molar-refractivity contribution in [2.45, 2.75) is 31.7 Å². The summed E-state index contributed by atoms with van der Waals surface area (Å²) in [7, 11) is 0. The molecular weight excluding hydrogens is 288 g/mol. The predicted octanol–water partition coefficient (Wildman–Crippen LogP) is 2.47. The smallest absolute Gasteiger partial charge is 0.233 e. The average Bonchev–Trinajstić information content (AvgIpc) is 3.17.